The zero-order valence-corrected chi connectivity index (χ0v) is 23.4. The predicted molar refractivity (Wildman–Crippen MR) is 154 cm³/mol. The fourth-order valence-electron chi connectivity index (χ4n) is 5.24. The largest absolute Gasteiger partial charge is 0.445 e. The summed E-state index contributed by atoms with van der Waals surface area (Å²) in [6, 6.07) is 7.29. The zero-order valence-electron chi connectivity index (χ0n) is 23.4. The Hall–Kier alpha value is -4.45. The van der Waals surface area contributed by atoms with Gasteiger partial charge in [0.25, 0.3) is 5.91 Å². The van der Waals surface area contributed by atoms with E-state index in [0.717, 1.165) is 31.2 Å². The molecule has 3 fully saturated rings. The van der Waals surface area contributed by atoms with Crippen molar-refractivity contribution in [2.45, 2.75) is 69.3 Å². The molecule has 4 atom stereocenters. The van der Waals surface area contributed by atoms with Crippen molar-refractivity contribution in [3.05, 3.63) is 42.0 Å². The molecule has 3 aromatic rings. The lowest BCUT2D eigenvalue weighted by atomic mass is 9.94. The fourth-order valence-corrected chi connectivity index (χ4v) is 5.24. The fraction of sp³-hybridized carbons (Fsp3) is 0.483. The number of carbonyl (C=O) groups excluding carboxylic acids is 2. The Kier molecular flexibility index (Phi) is 8.02. The van der Waals surface area contributed by atoms with Crippen LogP contribution in [-0.4, -0.2) is 84.1 Å². The van der Waals surface area contributed by atoms with Gasteiger partial charge in [-0.1, -0.05) is 18.1 Å². The number of nitrogens with zero attached hydrogens (tertiary/aromatic N) is 5. The van der Waals surface area contributed by atoms with E-state index in [9.17, 15) is 19.8 Å². The van der Waals surface area contributed by atoms with E-state index in [1.54, 1.807) is 17.0 Å². The van der Waals surface area contributed by atoms with Crippen LogP contribution in [0.15, 0.2) is 30.6 Å². The molecule has 1 aromatic carbocycles. The first-order valence-corrected chi connectivity index (χ1v) is 14.3. The second-order valence-electron chi connectivity index (χ2n) is 11.2. The van der Waals surface area contributed by atoms with E-state index in [-0.39, 0.29) is 41.5 Å². The highest BCUT2D eigenvalue weighted by atomic mass is 16.6. The maximum Gasteiger partial charge on any atom is 0.410 e. The SMILES string of the molecule is Nc1ccc(COC(=O)N2CCC(CC#Cc3nc(N)c4ncn([C@@H]5O[C@H](C(=O)NC6CC6)C(O)[C@@H]5O)c4n3)CC2)cc1. The first-order valence-electron chi connectivity index (χ1n) is 14.3. The van der Waals surface area contributed by atoms with E-state index in [1.165, 1.54) is 10.9 Å². The normalized spacial score (nSPS) is 24.0. The number of carbonyl (C=O) groups is 2. The lowest BCUT2D eigenvalue weighted by Gasteiger charge is -2.30. The number of aromatic nitrogens is 4. The summed E-state index contributed by atoms with van der Waals surface area (Å²) >= 11 is 0. The molecule has 14 heteroatoms. The van der Waals surface area contributed by atoms with Crippen LogP contribution in [0, 0.1) is 17.8 Å². The van der Waals surface area contributed by atoms with Crippen LogP contribution < -0.4 is 16.8 Å². The maximum absolute atomic E-state index is 12.5. The molecule has 6 rings (SSSR count). The second-order valence-corrected chi connectivity index (χ2v) is 11.2. The molecule has 14 nitrogen and oxygen atoms in total. The molecule has 7 N–H and O–H groups in total. The number of fused-ring (bicyclic) bond motifs is 1. The van der Waals surface area contributed by atoms with Gasteiger partial charge in [-0.05, 0) is 55.2 Å². The number of piperidine rings is 1. The predicted octanol–water partition coefficient (Wildman–Crippen LogP) is 0.679. The van der Waals surface area contributed by atoms with E-state index in [0.29, 0.717) is 31.1 Å². The number of benzene rings is 1. The Balaban J connectivity index is 1.05. The van der Waals surface area contributed by atoms with Crippen molar-refractivity contribution in [2.24, 2.45) is 5.92 Å². The van der Waals surface area contributed by atoms with E-state index in [4.69, 9.17) is 20.9 Å². The first kappa shape index (κ1) is 28.7. The molecule has 4 heterocycles. The molecule has 0 bridgehead atoms. The van der Waals surface area contributed by atoms with Crippen LogP contribution in [0.5, 0.6) is 0 Å². The molecular formula is C29H34N8O6. The van der Waals surface area contributed by atoms with Gasteiger partial charge in [-0.25, -0.2) is 19.7 Å². The average Bonchev–Trinajstić information content (AvgIpc) is 3.64. The third-order valence-corrected chi connectivity index (χ3v) is 7.95. The molecule has 43 heavy (non-hydrogen) atoms. The first-order chi connectivity index (χ1) is 20.8. The number of nitrogen functional groups attached to an aromatic ring is 2. The highest BCUT2D eigenvalue weighted by molar-refractivity contribution is 5.83. The number of nitrogens with two attached hydrogens (primary N) is 2. The zero-order chi connectivity index (χ0) is 30.1. The maximum atomic E-state index is 12.5. The van der Waals surface area contributed by atoms with Crippen LogP contribution in [0.4, 0.5) is 16.3 Å². The Morgan fingerprint density at radius 1 is 1.07 bits per heavy atom. The van der Waals surface area contributed by atoms with Gasteiger partial charge in [0.2, 0.25) is 5.82 Å². The van der Waals surface area contributed by atoms with E-state index in [2.05, 4.69) is 32.1 Å². The Morgan fingerprint density at radius 2 is 1.81 bits per heavy atom. The number of likely N-dealkylation sites (tertiary alicyclic amines) is 1. The van der Waals surface area contributed by atoms with Gasteiger partial charge < -0.3 is 41.4 Å². The number of hydrogen-bond donors (Lipinski definition) is 5. The lowest BCUT2D eigenvalue weighted by molar-refractivity contribution is -0.137. The highest BCUT2D eigenvalue weighted by Crippen LogP contribution is 2.33. The number of amides is 2. The third-order valence-electron chi connectivity index (χ3n) is 7.95. The third kappa shape index (κ3) is 6.34. The van der Waals surface area contributed by atoms with Crippen molar-refractivity contribution in [1.29, 1.82) is 0 Å². The van der Waals surface area contributed by atoms with Gasteiger partial charge in [0.1, 0.15) is 24.3 Å². The topological polar surface area (TPSA) is 204 Å². The van der Waals surface area contributed by atoms with Crippen LogP contribution >= 0.6 is 0 Å². The number of nitrogens with one attached hydrogen (secondary N) is 1. The van der Waals surface area contributed by atoms with E-state index < -0.39 is 30.4 Å². The molecule has 1 unspecified atom stereocenters. The molecule has 226 valence electrons. The number of rotatable bonds is 6. The van der Waals surface area contributed by atoms with Crippen molar-refractivity contribution >= 4 is 34.7 Å². The summed E-state index contributed by atoms with van der Waals surface area (Å²) < 4.78 is 12.6. The van der Waals surface area contributed by atoms with Crippen LogP contribution in [0.3, 0.4) is 0 Å². The van der Waals surface area contributed by atoms with Gasteiger partial charge >= 0.3 is 6.09 Å². The molecule has 2 aromatic heterocycles. The molecule has 3 aliphatic rings. The standard InChI is InChI=1S/C29H34N8O6/c30-18-6-4-17(5-7-18)14-42-29(41)36-12-10-16(11-13-36)2-1-3-20-34-25(31)21-26(35-20)37(15-32-21)28-23(39)22(38)24(43-28)27(40)33-19-8-9-19/h4-7,15-16,19,22-24,28,38-39H,2,8-14,30H2,(H,33,40)(H2,31,34,35)/t22?,23-,24-,28+/m0/s1. The van der Waals surface area contributed by atoms with Crippen molar-refractivity contribution in [3.8, 4) is 11.8 Å². The number of ether oxygens (including phenoxy) is 2. The van der Waals surface area contributed by atoms with Crippen molar-refractivity contribution in [1.82, 2.24) is 29.7 Å². The molecular weight excluding hydrogens is 556 g/mol. The summed E-state index contributed by atoms with van der Waals surface area (Å²) in [6.07, 6.45) is -0.179. The van der Waals surface area contributed by atoms with Gasteiger partial charge in [0, 0.05) is 31.2 Å². The minimum absolute atomic E-state index is 0.0808. The van der Waals surface area contributed by atoms with Gasteiger partial charge in [-0.15, -0.1) is 0 Å². The molecule has 0 spiro atoms. The van der Waals surface area contributed by atoms with E-state index >= 15 is 0 Å². The van der Waals surface area contributed by atoms with Crippen molar-refractivity contribution in [2.75, 3.05) is 24.6 Å². The monoisotopic (exact) mass is 590 g/mol. The van der Waals surface area contributed by atoms with Crippen LogP contribution in [0.1, 0.15) is 49.7 Å². The summed E-state index contributed by atoms with van der Waals surface area (Å²) in [5.41, 5.74) is 13.9. The van der Waals surface area contributed by atoms with Gasteiger partial charge in [0.05, 0.1) is 6.33 Å². The molecule has 1 saturated carbocycles. The second kappa shape index (κ2) is 12.0. The number of anilines is 2. The van der Waals surface area contributed by atoms with Gasteiger partial charge in [-0.2, -0.15) is 0 Å². The minimum atomic E-state index is -1.42. The number of aliphatic hydroxyl groups excluding tert-OH is 2. The quantitative estimate of drug-likeness (QED) is 0.199. The van der Waals surface area contributed by atoms with Crippen LogP contribution in [-0.2, 0) is 20.9 Å². The number of imidazole rings is 1. The summed E-state index contributed by atoms with van der Waals surface area (Å²) in [5, 5.41) is 24.0. The number of aliphatic hydroxyl groups is 2. The molecule has 2 saturated heterocycles. The van der Waals surface area contributed by atoms with E-state index in [1.807, 2.05) is 12.1 Å². The molecule has 2 aliphatic heterocycles. The van der Waals surface area contributed by atoms with Gasteiger partial charge in [0.15, 0.2) is 23.8 Å². The molecule has 0 radical (unpaired) electrons. The molecule has 2 amide bonds. The Morgan fingerprint density at radius 3 is 2.53 bits per heavy atom. The average molecular weight is 591 g/mol. The Bertz CT molecular complexity index is 1550. The lowest BCUT2D eigenvalue weighted by Crippen LogP contribution is -2.43. The van der Waals surface area contributed by atoms with Crippen LogP contribution in [0.25, 0.3) is 11.2 Å². The van der Waals surface area contributed by atoms with Gasteiger partial charge in [-0.3, -0.25) is 9.36 Å². The highest BCUT2D eigenvalue weighted by Gasteiger charge is 2.48. The Labute approximate surface area is 247 Å². The summed E-state index contributed by atoms with van der Waals surface area (Å²) in [4.78, 5) is 39.7. The summed E-state index contributed by atoms with van der Waals surface area (Å²) in [5.74, 6) is 6.19. The summed E-state index contributed by atoms with van der Waals surface area (Å²) in [6.45, 7) is 1.35. The van der Waals surface area contributed by atoms with Crippen molar-refractivity contribution < 1.29 is 29.3 Å². The summed E-state index contributed by atoms with van der Waals surface area (Å²) in [7, 11) is 0. The van der Waals surface area contributed by atoms with Crippen LogP contribution in [0.2, 0.25) is 0 Å². The minimum Gasteiger partial charge on any atom is -0.445 e. The molecule has 1 aliphatic carbocycles. The van der Waals surface area contributed by atoms with Crippen molar-refractivity contribution in [3.63, 3.8) is 0 Å². The number of hydrogen-bond acceptors (Lipinski definition) is 11. The smallest absolute Gasteiger partial charge is 0.410 e.